The van der Waals surface area contributed by atoms with Gasteiger partial charge in [0.1, 0.15) is 0 Å². The minimum absolute atomic E-state index is 0.0713. The summed E-state index contributed by atoms with van der Waals surface area (Å²) in [6, 6.07) is 5.89. The molecule has 3 N–H and O–H groups in total. The van der Waals surface area contributed by atoms with E-state index in [0.717, 1.165) is 6.42 Å². The smallest absolute Gasteiger partial charge is 0.337 e. The second-order valence-electron chi connectivity index (χ2n) is 4.67. The van der Waals surface area contributed by atoms with Crippen LogP contribution >= 0.6 is 0 Å². The van der Waals surface area contributed by atoms with Gasteiger partial charge in [0.2, 0.25) is 0 Å². The maximum absolute atomic E-state index is 11.7. The monoisotopic (exact) mass is 250 g/mol. The van der Waals surface area contributed by atoms with Gasteiger partial charge in [-0.25, -0.2) is 9.59 Å². The molecule has 1 aromatic rings. The average Bonchev–Trinajstić information content (AvgIpc) is 2.28. The molecular weight excluding hydrogens is 232 g/mol. The zero-order valence-electron chi connectivity index (χ0n) is 10.8. The van der Waals surface area contributed by atoms with Gasteiger partial charge in [0.25, 0.3) is 0 Å². The number of hydrogen-bond acceptors (Lipinski definition) is 2. The van der Waals surface area contributed by atoms with E-state index in [1.807, 2.05) is 20.8 Å². The number of para-hydroxylation sites is 1. The molecule has 0 saturated carbocycles. The van der Waals surface area contributed by atoms with Gasteiger partial charge < -0.3 is 15.7 Å². The number of urea groups is 1. The number of carboxylic acid groups (broad SMARTS) is 1. The van der Waals surface area contributed by atoms with Crippen LogP contribution in [-0.4, -0.2) is 22.6 Å². The summed E-state index contributed by atoms with van der Waals surface area (Å²) >= 11 is 0. The van der Waals surface area contributed by atoms with Gasteiger partial charge in [-0.2, -0.15) is 0 Å². The summed E-state index contributed by atoms with van der Waals surface area (Å²) in [6.45, 7) is 5.76. The van der Waals surface area contributed by atoms with Crippen LogP contribution in [0.3, 0.4) is 0 Å². The van der Waals surface area contributed by atoms with Crippen LogP contribution in [-0.2, 0) is 0 Å². The highest BCUT2D eigenvalue weighted by atomic mass is 16.4. The first-order valence-electron chi connectivity index (χ1n) is 5.77. The summed E-state index contributed by atoms with van der Waals surface area (Å²) in [6.07, 6.45) is 0.779. The zero-order valence-corrected chi connectivity index (χ0v) is 10.8. The Labute approximate surface area is 106 Å². The third-order valence-corrected chi connectivity index (χ3v) is 2.74. The Morgan fingerprint density at radius 2 is 1.89 bits per heavy atom. The SMILES string of the molecule is CCC(C)(C)NC(=O)Nc1ccccc1C(=O)O. The fourth-order valence-electron chi connectivity index (χ4n) is 1.33. The van der Waals surface area contributed by atoms with E-state index < -0.39 is 12.0 Å². The molecule has 1 aromatic carbocycles. The van der Waals surface area contributed by atoms with Gasteiger partial charge in [-0.3, -0.25) is 0 Å². The van der Waals surface area contributed by atoms with E-state index in [1.165, 1.54) is 6.07 Å². The van der Waals surface area contributed by atoms with E-state index in [0.29, 0.717) is 0 Å². The largest absolute Gasteiger partial charge is 0.478 e. The Morgan fingerprint density at radius 1 is 1.28 bits per heavy atom. The molecule has 0 spiro atoms. The number of anilines is 1. The molecule has 2 amide bonds. The van der Waals surface area contributed by atoms with E-state index in [1.54, 1.807) is 18.2 Å². The minimum Gasteiger partial charge on any atom is -0.478 e. The molecule has 0 aliphatic heterocycles. The predicted octanol–water partition coefficient (Wildman–Crippen LogP) is 2.69. The van der Waals surface area contributed by atoms with Crippen molar-refractivity contribution in [1.29, 1.82) is 0 Å². The summed E-state index contributed by atoms with van der Waals surface area (Å²) in [5, 5.41) is 14.3. The lowest BCUT2D eigenvalue weighted by Crippen LogP contribution is -2.45. The van der Waals surface area contributed by atoms with Gasteiger partial charge in [0.15, 0.2) is 0 Å². The van der Waals surface area contributed by atoms with E-state index in [4.69, 9.17) is 5.11 Å². The molecule has 98 valence electrons. The first-order valence-corrected chi connectivity index (χ1v) is 5.77. The molecule has 0 aromatic heterocycles. The van der Waals surface area contributed by atoms with Crippen molar-refractivity contribution in [3.05, 3.63) is 29.8 Å². The quantitative estimate of drug-likeness (QED) is 0.768. The lowest BCUT2D eigenvalue weighted by Gasteiger charge is -2.24. The maximum atomic E-state index is 11.7. The molecule has 5 heteroatoms. The normalized spacial score (nSPS) is 10.8. The predicted molar refractivity (Wildman–Crippen MR) is 69.9 cm³/mol. The fourth-order valence-corrected chi connectivity index (χ4v) is 1.33. The van der Waals surface area contributed by atoms with Gasteiger partial charge in [-0.1, -0.05) is 19.1 Å². The van der Waals surface area contributed by atoms with Crippen molar-refractivity contribution in [2.24, 2.45) is 0 Å². The lowest BCUT2D eigenvalue weighted by molar-refractivity contribution is 0.0698. The fraction of sp³-hybridized carbons (Fsp3) is 0.385. The van der Waals surface area contributed by atoms with E-state index in [2.05, 4.69) is 10.6 Å². The molecule has 0 heterocycles. The third kappa shape index (κ3) is 3.76. The van der Waals surface area contributed by atoms with Gasteiger partial charge in [-0.15, -0.1) is 0 Å². The summed E-state index contributed by atoms with van der Waals surface area (Å²) in [5.74, 6) is -1.07. The molecule has 0 aliphatic carbocycles. The summed E-state index contributed by atoms with van der Waals surface area (Å²) in [7, 11) is 0. The molecule has 0 unspecified atom stereocenters. The highest BCUT2D eigenvalue weighted by Gasteiger charge is 2.19. The average molecular weight is 250 g/mol. The van der Waals surface area contributed by atoms with Crippen molar-refractivity contribution in [2.75, 3.05) is 5.32 Å². The Morgan fingerprint density at radius 3 is 2.44 bits per heavy atom. The molecule has 0 aliphatic rings. The number of rotatable bonds is 4. The zero-order chi connectivity index (χ0) is 13.8. The van der Waals surface area contributed by atoms with Crippen molar-refractivity contribution in [3.63, 3.8) is 0 Å². The van der Waals surface area contributed by atoms with Crippen molar-refractivity contribution < 1.29 is 14.7 Å². The highest BCUT2D eigenvalue weighted by molar-refractivity contribution is 6.00. The van der Waals surface area contributed by atoms with Crippen LogP contribution in [0.1, 0.15) is 37.6 Å². The molecule has 0 fully saturated rings. The van der Waals surface area contributed by atoms with Crippen molar-refractivity contribution in [2.45, 2.75) is 32.7 Å². The number of aromatic carboxylic acids is 1. The molecule has 0 atom stereocenters. The van der Waals surface area contributed by atoms with Crippen LogP contribution in [0.4, 0.5) is 10.5 Å². The molecule has 0 radical (unpaired) electrons. The topological polar surface area (TPSA) is 78.4 Å². The summed E-state index contributed by atoms with van der Waals surface area (Å²) in [5.41, 5.74) is 0.0266. The number of carboxylic acids is 1. The summed E-state index contributed by atoms with van der Waals surface area (Å²) in [4.78, 5) is 22.7. The first-order chi connectivity index (χ1) is 8.35. The Balaban J connectivity index is 2.80. The number of nitrogens with one attached hydrogen (secondary N) is 2. The minimum atomic E-state index is -1.07. The lowest BCUT2D eigenvalue weighted by atomic mass is 10.0. The van der Waals surface area contributed by atoms with Gasteiger partial charge in [0, 0.05) is 5.54 Å². The number of hydrogen-bond donors (Lipinski definition) is 3. The molecule has 0 saturated heterocycles. The summed E-state index contributed by atoms with van der Waals surface area (Å²) < 4.78 is 0. The maximum Gasteiger partial charge on any atom is 0.337 e. The van der Waals surface area contributed by atoms with Crippen LogP contribution in [0, 0.1) is 0 Å². The Bertz CT molecular complexity index is 455. The molecule has 18 heavy (non-hydrogen) atoms. The number of amides is 2. The van der Waals surface area contributed by atoms with E-state index >= 15 is 0 Å². The van der Waals surface area contributed by atoms with E-state index in [9.17, 15) is 9.59 Å². The van der Waals surface area contributed by atoms with Crippen LogP contribution in [0.15, 0.2) is 24.3 Å². The molecule has 0 bridgehead atoms. The van der Waals surface area contributed by atoms with Gasteiger partial charge >= 0.3 is 12.0 Å². The second kappa shape index (κ2) is 5.53. The van der Waals surface area contributed by atoms with Crippen LogP contribution in [0.25, 0.3) is 0 Å². The second-order valence-corrected chi connectivity index (χ2v) is 4.67. The first kappa shape index (κ1) is 14.0. The van der Waals surface area contributed by atoms with Crippen LogP contribution < -0.4 is 10.6 Å². The number of carbonyl (C=O) groups excluding carboxylic acids is 1. The molecule has 5 nitrogen and oxygen atoms in total. The van der Waals surface area contributed by atoms with Crippen LogP contribution in [0.5, 0.6) is 0 Å². The third-order valence-electron chi connectivity index (χ3n) is 2.74. The molecular formula is C13H18N2O3. The standard InChI is InChI=1S/C13H18N2O3/c1-4-13(2,3)15-12(18)14-10-8-6-5-7-9(10)11(16)17/h5-8H,4H2,1-3H3,(H,16,17)(H2,14,15,18). The van der Waals surface area contributed by atoms with Crippen molar-refractivity contribution in [1.82, 2.24) is 5.32 Å². The van der Waals surface area contributed by atoms with Crippen LogP contribution in [0.2, 0.25) is 0 Å². The number of carbonyl (C=O) groups is 2. The van der Waals surface area contributed by atoms with Crippen molar-refractivity contribution >= 4 is 17.7 Å². The Kier molecular flexibility index (Phi) is 4.31. The van der Waals surface area contributed by atoms with E-state index in [-0.39, 0.29) is 16.8 Å². The highest BCUT2D eigenvalue weighted by Crippen LogP contribution is 2.15. The van der Waals surface area contributed by atoms with Gasteiger partial charge in [0.05, 0.1) is 11.3 Å². The number of benzene rings is 1. The molecule has 1 rings (SSSR count). The Hall–Kier alpha value is -2.04. The van der Waals surface area contributed by atoms with Gasteiger partial charge in [-0.05, 0) is 32.4 Å². The van der Waals surface area contributed by atoms with Crippen molar-refractivity contribution in [3.8, 4) is 0 Å².